The van der Waals surface area contributed by atoms with Crippen molar-refractivity contribution < 1.29 is 26.3 Å². The molecule has 12 heteroatoms. The van der Waals surface area contributed by atoms with Crippen LogP contribution in [0.2, 0.25) is 0 Å². The molecular weight excluding hydrogens is 387 g/mol. The number of pyridine rings is 1. The maximum absolute atomic E-state index is 12.6. The molecule has 0 aromatic carbocycles. The van der Waals surface area contributed by atoms with Crippen molar-refractivity contribution in [2.24, 2.45) is 7.05 Å². The Balaban J connectivity index is 1.55. The molecule has 0 bridgehead atoms. The zero-order valence-corrected chi connectivity index (χ0v) is 15.2. The number of aryl methyl sites for hydroxylation is 1. The maximum atomic E-state index is 12.6. The number of ether oxygens (including phenoxy) is 1. The lowest BCUT2D eigenvalue weighted by Gasteiger charge is -2.31. The summed E-state index contributed by atoms with van der Waals surface area (Å²) in [5, 5.41) is 6.99. The van der Waals surface area contributed by atoms with Gasteiger partial charge in [-0.1, -0.05) is 0 Å². The van der Waals surface area contributed by atoms with E-state index in [9.17, 15) is 21.6 Å². The summed E-state index contributed by atoms with van der Waals surface area (Å²) in [5.41, 5.74) is 0. The molecule has 1 fully saturated rings. The second kappa shape index (κ2) is 7.35. The van der Waals surface area contributed by atoms with Crippen molar-refractivity contribution in [3.8, 4) is 5.75 Å². The van der Waals surface area contributed by atoms with Crippen LogP contribution in [0.15, 0.2) is 35.6 Å². The third-order valence-electron chi connectivity index (χ3n) is 4.09. The minimum atomic E-state index is -4.76. The Morgan fingerprint density at radius 1 is 1.22 bits per heavy atom. The molecule has 0 radical (unpaired) electrons. The van der Waals surface area contributed by atoms with Gasteiger partial charge in [0.2, 0.25) is 10.0 Å². The van der Waals surface area contributed by atoms with Gasteiger partial charge in [-0.3, -0.25) is 4.68 Å². The molecule has 0 spiro atoms. The topological polar surface area (TPSA) is 89.4 Å². The number of piperidine rings is 1. The largest absolute Gasteiger partial charge is 0.573 e. The Morgan fingerprint density at radius 3 is 2.44 bits per heavy atom. The minimum absolute atomic E-state index is 0.0350. The zero-order valence-electron chi connectivity index (χ0n) is 14.3. The summed E-state index contributed by atoms with van der Waals surface area (Å²) in [6.07, 6.45) is 0.0767. The van der Waals surface area contributed by atoms with Crippen molar-refractivity contribution >= 4 is 15.8 Å². The average molecular weight is 405 g/mol. The van der Waals surface area contributed by atoms with Gasteiger partial charge < -0.3 is 10.1 Å². The lowest BCUT2D eigenvalue weighted by Crippen LogP contribution is -2.42. The lowest BCUT2D eigenvalue weighted by atomic mass is 10.1. The molecule has 0 saturated carbocycles. The minimum Gasteiger partial charge on any atom is -0.404 e. The summed E-state index contributed by atoms with van der Waals surface area (Å²) in [7, 11) is -1.93. The molecule has 2 aromatic rings. The van der Waals surface area contributed by atoms with Crippen LogP contribution in [-0.2, 0) is 17.1 Å². The Hall–Kier alpha value is -2.34. The Labute approximate surface area is 154 Å². The third-order valence-corrected chi connectivity index (χ3v) is 5.95. The molecule has 3 rings (SSSR count). The van der Waals surface area contributed by atoms with Crippen LogP contribution in [0.1, 0.15) is 12.8 Å². The first-order chi connectivity index (χ1) is 12.6. The van der Waals surface area contributed by atoms with Crippen molar-refractivity contribution in [3.63, 3.8) is 0 Å². The third kappa shape index (κ3) is 4.89. The molecule has 3 heterocycles. The van der Waals surface area contributed by atoms with Crippen LogP contribution in [0.5, 0.6) is 5.75 Å². The molecule has 0 unspecified atom stereocenters. The van der Waals surface area contributed by atoms with E-state index in [4.69, 9.17) is 0 Å². The molecule has 0 atom stereocenters. The van der Waals surface area contributed by atoms with E-state index in [1.807, 2.05) is 0 Å². The number of halogens is 3. The maximum Gasteiger partial charge on any atom is 0.573 e. The van der Waals surface area contributed by atoms with Crippen LogP contribution in [-0.4, -0.2) is 53.0 Å². The number of hydrogen-bond acceptors (Lipinski definition) is 6. The number of sulfonamides is 1. The van der Waals surface area contributed by atoms with Crippen LogP contribution >= 0.6 is 0 Å². The van der Waals surface area contributed by atoms with Crippen molar-refractivity contribution in [2.45, 2.75) is 30.1 Å². The predicted octanol–water partition coefficient (Wildman–Crippen LogP) is 1.98. The van der Waals surface area contributed by atoms with Crippen LogP contribution in [0, 0.1) is 0 Å². The first kappa shape index (κ1) is 19.4. The fourth-order valence-corrected chi connectivity index (χ4v) is 4.25. The van der Waals surface area contributed by atoms with E-state index in [-0.39, 0.29) is 10.9 Å². The van der Waals surface area contributed by atoms with E-state index in [2.05, 4.69) is 20.1 Å². The predicted molar refractivity (Wildman–Crippen MR) is 89.5 cm³/mol. The molecule has 1 aliphatic rings. The molecule has 1 saturated heterocycles. The quantitative estimate of drug-likeness (QED) is 0.818. The Kier molecular flexibility index (Phi) is 5.29. The van der Waals surface area contributed by atoms with E-state index in [1.165, 1.54) is 33.5 Å². The fourth-order valence-electron chi connectivity index (χ4n) is 2.79. The van der Waals surface area contributed by atoms with E-state index in [0.29, 0.717) is 31.7 Å². The fraction of sp³-hybridized carbons (Fsp3) is 0.467. The highest BCUT2D eigenvalue weighted by molar-refractivity contribution is 7.89. The Morgan fingerprint density at radius 2 is 1.93 bits per heavy atom. The highest BCUT2D eigenvalue weighted by Crippen LogP contribution is 2.24. The number of alkyl halides is 3. The summed E-state index contributed by atoms with van der Waals surface area (Å²) >= 11 is 0. The molecule has 0 aliphatic carbocycles. The van der Waals surface area contributed by atoms with Gasteiger partial charge in [0, 0.05) is 32.4 Å². The van der Waals surface area contributed by atoms with Gasteiger partial charge in [0.05, 0.1) is 12.4 Å². The Bertz CT molecular complexity index is 875. The monoisotopic (exact) mass is 405 g/mol. The summed E-state index contributed by atoms with van der Waals surface area (Å²) in [6, 6.07) is 2.53. The first-order valence-corrected chi connectivity index (χ1v) is 9.55. The smallest absolute Gasteiger partial charge is 0.404 e. The standard InChI is InChI=1S/C15H18F3N5O3S/c1-22-10-13(9-20-22)27(24,25)23-6-4-11(5-7-23)21-14-3-2-12(8-19-14)26-15(16,17)18/h2-3,8-11H,4-7H2,1H3,(H,19,21). The van der Waals surface area contributed by atoms with Crippen molar-refractivity contribution in [1.29, 1.82) is 0 Å². The second-order valence-corrected chi connectivity index (χ2v) is 8.04. The van der Waals surface area contributed by atoms with E-state index in [1.54, 1.807) is 7.05 Å². The normalized spacial score (nSPS) is 17.0. The first-order valence-electron chi connectivity index (χ1n) is 8.10. The van der Waals surface area contributed by atoms with Crippen molar-refractivity contribution in [1.82, 2.24) is 19.1 Å². The number of nitrogens with zero attached hydrogens (tertiary/aromatic N) is 4. The number of hydrogen-bond donors (Lipinski definition) is 1. The van der Waals surface area contributed by atoms with Crippen molar-refractivity contribution in [2.75, 3.05) is 18.4 Å². The zero-order chi connectivity index (χ0) is 19.7. The molecule has 2 aromatic heterocycles. The molecular formula is C15H18F3N5O3S. The summed E-state index contributed by atoms with van der Waals surface area (Å²) in [6.45, 7) is 0.647. The molecule has 27 heavy (non-hydrogen) atoms. The van der Waals surface area contributed by atoms with Gasteiger partial charge in [-0.15, -0.1) is 13.2 Å². The SMILES string of the molecule is Cn1cc(S(=O)(=O)N2CCC(Nc3ccc(OC(F)(F)F)cn3)CC2)cn1. The molecule has 148 valence electrons. The van der Waals surface area contributed by atoms with E-state index in [0.717, 1.165) is 6.20 Å². The number of anilines is 1. The van der Waals surface area contributed by atoms with Crippen LogP contribution in [0.4, 0.5) is 19.0 Å². The highest BCUT2D eigenvalue weighted by atomic mass is 32.2. The van der Waals surface area contributed by atoms with E-state index >= 15 is 0 Å². The number of rotatable bonds is 5. The average Bonchev–Trinajstić information content (AvgIpc) is 3.03. The highest BCUT2D eigenvalue weighted by Gasteiger charge is 2.32. The number of nitrogens with one attached hydrogen (secondary N) is 1. The summed E-state index contributed by atoms with van der Waals surface area (Å²) in [5.74, 6) is 0.00326. The van der Waals surface area contributed by atoms with E-state index < -0.39 is 22.1 Å². The van der Waals surface area contributed by atoms with Gasteiger partial charge >= 0.3 is 6.36 Å². The second-order valence-electron chi connectivity index (χ2n) is 6.10. The molecule has 8 nitrogen and oxygen atoms in total. The summed E-state index contributed by atoms with van der Waals surface area (Å²) in [4.78, 5) is 4.05. The molecule has 1 aliphatic heterocycles. The van der Waals surface area contributed by atoms with Gasteiger partial charge in [-0.05, 0) is 25.0 Å². The van der Waals surface area contributed by atoms with Gasteiger partial charge in [0.15, 0.2) is 0 Å². The molecule has 0 amide bonds. The van der Waals surface area contributed by atoms with Gasteiger partial charge in [-0.2, -0.15) is 9.40 Å². The van der Waals surface area contributed by atoms with Crippen LogP contribution in [0.25, 0.3) is 0 Å². The van der Waals surface area contributed by atoms with Crippen LogP contribution < -0.4 is 10.1 Å². The van der Waals surface area contributed by atoms with Gasteiger partial charge in [-0.25, -0.2) is 13.4 Å². The van der Waals surface area contributed by atoms with Gasteiger partial charge in [0.1, 0.15) is 16.5 Å². The van der Waals surface area contributed by atoms with Crippen molar-refractivity contribution in [3.05, 3.63) is 30.7 Å². The van der Waals surface area contributed by atoms with Gasteiger partial charge in [0.25, 0.3) is 0 Å². The molecule has 1 N–H and O–H groups in total. The number of aromatic nitrogens is 3. The summed E-state index contributed by atoms with van der Waals surface area (Å²) < 4.78 is 68.1. The lowest BCUT2D eigenvalue weighted by molar-refractivity contribution is -0.274. The van der Waals surface area contributed by atoms with Crippen LogP contribution in [0.3, 0.4) is 0 Å².